The molecular weight excluding hydrogens is 334 g/mol. The van der Waals surface area contributed by atoms with Gasteiger partial charge in [0.05, 0.1) is 19.9 Å². The van der Waals surface area contributed by atoms with Crippen molar-refractivity contribution in [2.75, 3.05) is 19.0 Å². The zero-order chi connectivity index (χ0) is 18.8. The van der Waals surface area contributed by atoms with Crippen molar-refractivity contribution in [3.63, 3.8) is 0 Å². The van der Waals surface area contributed by atoms with Crippen LogP contribution in [0.2, 0.25) is 0 Å². The molecule has 7 heteroatoms. The number of anilines is 1. The van der Waals surface area contributed by atoms with Gasteiger partial charge in [-0.2, -0.15) is 5.10 Å². The Morgan fingerprint density at radius 1 is 1.08 bits per heavy atom. The number of amides is 2. The summed E-state index contributed by atoms with van der Waals surface area (Å²) >= 11 is 0. The fourth-order valence-electron chi connectivity index (χ4n) is 2.12. The van der Waals surface area contributed by atoms with Crippen LogP contribution in [0.15, 0.2) is 53.6 Å². The molecule has 2 N–H and O–H groups in total. The van der Waals surface area contributed by atoms with Crippen molar-refractivity contribution in [1.29, 1.82) is 0 Å². The lowest BCUT2D eigenvalue weighted by atomic mass is 10.2. The summed E-state index contributed by atoms with van der Waals surface area (Å²) in [4.78, 5) is 23.7. The van der Waals surface area contributed by atoms with Crippen molar-refractivity contribution in [3.8, 4) is 11.5 Å². The van der Waals surface area contributed by atoms with Crippen LogP contribution in [0.1, 0.15) is 18.9 Å². The molecule has 0 spiro atoms. The Hall–Kier alpha value is -3.35. The Kier molecular flexibility index (Phi) is 7.17. The van der Waals surface area contributed by atoms with E-state index in [1.54, 1.807) is 30.3 Å². The molecule has 7 nitrogen and oxygen atoms in total. The van der Waals surface area contributed by atoms with Gasteiger partial charge >= 0.3 is 0 Å². The number of benzene rings is 2. The monoisotopic (exact) mass is 355 g/mol. The minimum atomic E-state index is -0.511. The topological polar surface area (TPSA) is 89.0 Å². The van der Waals surface area contributed by atoms with E-state index in [0.717, 1.165) is 11.3 Å². The molecule has 0 saturated carbocycles. The molecule has 0 saturated heterocycles. The van der Waals surface area contributed by atoms with Gasteiger partial charge < -0.3 is 14.8 Å². The Bertz CT molecular complexity index is 790. The van der Waals surface area contributed by atoms with E-state index in [0.29, 0.717) is 18.0 Å². The number of carbonyl (C=O) groups is 2. The van der Waals surface area contributed by atoms with Crippen LogP contribution in [0.4, 0.5) is 5.69 Å². The smallest absolute Gasteiger partial charge is 0.249 e. The molecule has 136 valence electrons. The average Bonchev–Trinajstić information content (AvgIpc) is 2.62. The normalized spacial score (nSPS) is 10.4. The molecule has 0 aliphatic heterocycles. The minimum Gasteiger partial charge on any atom is -0.497 e. The number of rotatable bonds is 8. The molecule has 0 atom stereocenters. The number of nitrogens with one attached hydrogen (secondary N) is 2. The molecule has 0 fully saturated rings. The Labute approximate surface area is 152 Å². The van der Waals surface area contributed by atoms with Crippen LogP contribution in [-0.2, 0) is 9.59 Å². The molecule has 0 aliphatic carbocycles. The summed E-state index contributed by atoms with van der Waals surface area (Å²) in [7, 11) is 1.54. The van der Waals surface area contributed by atoms with E-state index in [4.69, 9.17) is 9.47 Å². The molecule has 0 aromatic heterocycles. The highest BCUT2D eigenvalue weighted by molar-refractivity contribution is 6.03. The van der Waals surface area contributed by atoms with Gasteiger partial charge in [0.2, 0.25) is 11.8 Å². The molecule has 0 unspecified atom stereocenters. The predicted octanol–water partition coefficient (Wildman–Crippen LogP) is 2.57. The molecule has 2 aromatic carbocycles. The fourth-order valence-corrected chi connectivity index (χ4v) is 2.12. The van der Waals surface area contributed by atoms with Gasteiger partial charge in [0.15, 0.2) is 0 Å². The maximum atomic E-state index is 11.9. The van der Waals surface area contributed by atoms with E-state index in [1.165, 1.54) is 13.3 Å². The lowest BCUT2D eigenvalue weighted by Gasteiger charge is -2.06. The van der Waals surface area contributed by atoms with Crippen LogP contribution in [0.5, 0.6) is 11.5 Å². The van der Waals surface area contributed by atoms with Crippen LogP contribution in [0, 0.1) is 0 Å². The Morgan fingerprint density at radius 2 is 1.85 bits per heavy atom. The van der Waals surface area contributed by atoms with Gasteiger partial charge in [-0.1, -0.05) is 18.2 Å². The molecule has 2 aromatic rings. The third-order valence-corrected chi connectivity index (χ3v) is 3.25. The second kappa shape index (κ2) is 9.83. The second-order valence-electron chi connectivity index (χ2n) is 5.26. The van der Waals surface area contributed by atoms with E-state index in [9.17, 15) is 9.59 Å². The highest BCUT2D eigenvalue weighted by atomic mass is 16.5. The van der Waals surface area contributed by atoms with Crippen molar-refractivity contribution in [2.24, 2.45) is 5.10 Å². The highest BCUT2D eigenvalue weighted by Crippen LogP contribution is 2.16. The summed E-state index contributed by atoms with van der Waals surface area (Å²) in [6, 6.07) is 14.2. The van der Waals surface area contributed by atoms with E-state index < -0.39 is 11.8 Å². The average molecular weight is 355 g/mol. The second-order valence-corrected chi connectivity index (χ2v) is 5.26. The number of ether oxygens (including phenoxy) is 2. The van der Waals surface area contributed by atoms with Crippen LogP contribution in [0.3, 0.4) is 0 Å². The number of methoxy groups -OCH3 is 1. The summed E-state index contributed by atoms with van der Waals surface area (Å²) in [6.45, 7) is 2.47. The summed E-state index contributed by atoms with van der Waals surface area (Å²) in [6.07, 6.45) is 1.15. The van der Waals surface area contributed by atoms with Crippen LogP contribution in [0.25, 0.3) is 0 Å². The van der Waals surface area contributed by atoms with Gasteiger partial charge in [-0.3, -0.25) is 9.59 Å². The quantitative estimate of drug-likeness (QED) is 0.433. The van der Waals surface area contributed by atoms with Gasteiger partial charge in [-0.15, -0.1) is 0 Å². The first kappa shape index (κ1) is 19.0. The van der Waals surface area contributed by atoms with Crippen molar-refractivity contribution in [1.82, 2.24) is 5.43 Å². The first-order chi connectivity index (χ1) is 12.6. The van der Waals surface area contributed by atoms with Gasteiger partial charge in [0, 0.05) is 11.8 Å². The molecule has 2 rings (SSSR count). The summed E-state index contributed by atoms with van der Waals surface area (Å²) < 4.78 is 10.5. The Balaban J connectivity index is 1.82. The maximum absolute atomic E-state index is 11.9. The molecule has 0 aliphatic rings. The van der Waals surface area contributed by atoms with E-state index in [1.807, 2.05) is 25.1 Å². The lowest BCUT2D eigenvalue weighted by molar-refractivity contribution is -0.126. The fraction of sp³-hybridized carbons (Fsp3) is 0.211. The zero-order valence-electron chi connectivity index (χ0n) is 14.7. The van der Waals surface area contributed by atoms with E-state index >= 15 is 0 Å². The van der Waals surface area contributed by atoms with Gasteiger partial charge in [0.25, 0.3) is 0 Å². The highest BCUT2D eigenvalue weighted by Gasteiger charge is 2.09. The first-order valence-corrected chi connectivity index (χ1v) is 8.09. The van der Waals surface area contributed by atoms with Crippen molar-refractivity contribution < 1.29 is 19.1 Å². The lowest BCUT2D eigenvalue weighted by Crippen LogP contribution is -2.24. The summed E-state index contributed by atoms with van der Waals surface area (Å²) in [5.41, 5.74) is 3.66. The van der Waals surface area contributed by atoms with Crippen molar-refractivity contribution in [2.45, 2.75) is 13.3 Å². The van der Waals surface area contributed by atoms with Crippen molar-refractivity contribution in [3.05, 3.63) is 54.1 Å². The third kappa shape index (κ3) is 6.27. The third-order valence-electron chi connectivity index (χ3n) is 3.25. The first-order valence-electron chi connectivity index (χ1n) is 8.09. The summed E-state index contributed by atoms with van der Waals surface area (Å²) in [5.74, 6) is 0.387. The number of hydrazone groups is 1. The number of hydrogen-bond donors (Lipinski definition) is 2. The maximum Gasteiger partial charge on any atom is 0.249 e. The van der Waals surface area contributed by atoms with E-state index in [2.05, 4.69) is 15.8 Å². The van der Waals surface area contributed by atoms with Gasteiger partial charge in [0.1, 0.15) is 17.9 Å². The van der Waals surface area contributed by atoms with Crippen LogP contribution in [-0.4, -0.2) is 31.7 Å². The summed E-state index contributed by atoms with van der Waals surface area (Å²) in [5, 5.41) is 6.48. The predicted molar refractivity (Wildman–Crippen MR) is 99.6 cm³/mol. The minimum absolute atomic E-state index is 0.340. The molecule has 0 radical (unpaired) electrons. The zero-order valence-corrected chi connectivity index (χ0v) is 14.7. The molecule has 0 bridgehead atoms. The van der Waals surface area contributed by atoms with Gasteiger partial charge in [-0.25, -0.2) is 5.43 Å². The van der Waals surface area contributed by atoms with Crippen LogP contribution < -0.4 is 20.2 Å². The molecule has 26 heavy (non-hydrogen) atoms. The molecule has 0 heterocycles. The van der Waals surface area contributed by atoms with Gasteiger partial charge in [-0.05, 0) is 36.8 Å². The Morgan fingerprint density at radius 3 is 2.62 bits per heavy atom. The SMILES string of the molecule is CCOc1cccc(C=NNC(=O)CC(=O)Nc2cccc(OC)c2)c1. The number of nitrogens with zero attached hydrogens (tertiary/aromatic N) is 1. The molecule has 2 amide bonds. The van der Waals surface area contributed by atoms with Crippen LogP contribution >= 0.6 is 0 Å². The van der Waals surface area contributed by atoms with Crippen molar-refractivity contribution >= 4 is 23.7 Å². The largest absolute Gasteiger partial charge is 0.497 e. The molecular formula is C19H21N3O4. The van der Waals surface area contributed by atoms with E-state index in [-0.39, 0.29) is 6.42 Å². The standard InChI is InChI=1S/C19H21N3O4/c1-3-26-17-9-4-6-14(10-17)13-20-22-19(24)12-18(23)21-15-7-5-8-16(11-15)25-2/h4-11,13H,3,12H2,1-2H3,(H,21,23)(H,22,24). The number of hydrogen-bond acceptors (Lipinski definition) is 5. The number of carbonyl (C=O) groups excluding carboxylic acids is 2.